The van der Waals surface area contributed by atoms with E-state index in [1.807, 2.05) is 13.8 Å². The van der Waals surface area contributed by atoms with Gasteiger partial charge < -0.3 is 20.1 Å². The highest BCUT2D eigenvalue weighted by Gasteiger charge is 2.37. The number of hydrogen-bond donors (Lipinski definition) is 2. The van der Waals surface area contributed by atoms with E-state index in [4.69, 9.17) is 9.47 Å². The van der Waals surface area contributed by atoms with Crippen molar-refractivity contribution in [3.8, 4) is 17.4 Å². The van der Waals surface area contributed by atoms with E-state index in [-0.39, 0.29) is 13.0 Å². The van der Waals surface area contributed by atoms with Gasteiger partial charge >= 0.3 is 0 Å². The fourth-order valence-electron chi connectivity index (χ4n) is 4.07. The summed E-state index contributed by atoms with van der Waals surface area (Å²) in [5.41, 5.74) is 2.74. The molecule has 0 radical (unpaired) electrons. The van der Waals surface area contributed by atoms with Crippen LogP contribution < -0.4 is 20.1 Å². The molecule has 36 heavy (non-hydrogen) atoms. The first kappa shape index (κ1) is 25.4. The second kappa shape index (κ2) is 11.4. The summed E-state index contributed by atoms with van der Waals surface area (Å²) in [6.07, 6.45) is 9.01. The van der Waals surface area contributed by atoms with Gasteiger partial charge in [0.1, 0.15) is 5.75 Å². The van der Waals surface area contributed by atoms with Crippen molar-refractivity contribution in [2.45, 2.75) is 45.1 Å². The summed E-state index contributed by atoms with van der Waals surface area (Å²) in [6.45, 7) is 4.26. The Bertz CT molecular complexity index is 1200. The number of aromatic nitrogens is 2. The Morgan fingerprint density at radius 2 is 2.19 bits per heavy atom. The molecule has 4 heterocycles. The number of rotatable bonds is 7. The van der Waals surface area contributed by atoms with Gasteiger partial charge in [-0.15, -0.1) is 0 Å². The maximum Gasteiger partial charge on any atom is 0.262 e. The SMILES string of the molecule is CCOc1cccnc1Oc1cncc(C2=C(\C)CC\C=C(C(=O)N[C@H]3CNCC(F)(F)C3)/C=N/2)c1. The lowest BCUT2D eigenvalue weighted by molar-refractivity contribution is -0.118. The Balaban J connectivity index is 1.50. The third-order valence-electron chi connectivity index (χ3n) is 5.77. The predicted octanol–water partition coefficient (Wildman–Crippen LogP) is 4.30. The van der Waals surface area contributed by atoms with E-state index in [0.29, 0.717) is 60.2 Å². The van der Waals surface area contributed by atoms with Gasteiger partial charge in [0.05, 0.1) is 30.6 Å². The van der Waals surface area contributed by atoms with Crippen LogP contribution in [0, 0.1) is 0 Å². The zero-order valence-electron chi connectivity index (χ0n) is 20.3. The predicted molar refractivity (Wildman–Crippen MR) is 132 cm³/mol. The van der Waals surface area contributed by atoms with Crippen molar-refractivity contribution in [2.24, 2.45) is 4.99 Å². The number of piperidine rings is 1. The summed E-state index contributed by atoms with van der Waals surface area (Å²) < 4.78 is 38.9. The number of halogens is 2. The van der Waals surface area contributed by atoms with Crippen LogP contribution in [-0.4, -0.2) is 53.8 Å². The van der Waals surface area contributed by atoms with Crippen molar-refractivity contribution >= 4 is 17.8 Å². The Hall–Kier alpha value is -3.66. The van der Waals surface area contributed by atoms with E-state index in [2.05, 4.69) is 25.6 Å². The van der Waals surface area contributed by atoms with Gasteiger partial charge in [-0.2, -0.15) is 0 Å². The van der Waals surface area contributed by atoms with E-state index >= 15 is 0 Å². The van der Waals surface area contributed by atoms with Crippen LogP contribution in [0.4, 0.5) is 8.78 Å². The van der Waals surface area contributed by atoms with Crippen LogP contribution in [0.1, 0.15) is 38.7 Å². The molecule has 2 aliphatic rings. The summed E-state index contributed by atoms with van der Waals surface area (Å²) in [4.78, 5) is 25.9. The number of pyridine rings is 2. The number of hydrogen-bond acceptors (Lipinski definition) is 7. The zero-order valence-corrected chi connectivity index (χ0v) is 20.3. The van der Waals surface area contributed by atoms with Crippen LogP contribution in [0.25, 0.3) is 5.70 Å². The van der Waals surface area contributed by atoms with Crippen molar-refractivity contribution in [3.63, 3.8) is 0 Å². The molecule has 1 amide bonds. The van der Waals surface area contributed by atoms with Crippen molar-refractivity contribution in [1.29, 1.82) is 0 Å². The van der Waals surface area contributed by atoms with Gasteiger partial charge in [0.2, 0.25) is 0 Å². The smallest absolute Gasteiger partial charge is 0.262 e. The fraction of sp³-hybridized carbons (Fsp3) is 0.385. The van der Waals surface area contributed by atoms with Crippen molar-refractivity contribution in [1.82, 2.24) is 20.6 Å². The van der Waals surface area contributed by atoms with Gasteiger partial charge in [0, 0.05) is 43.2 Å². The van der Waals surface area contributed by atoms with E-state index in [1.54, 1.807) is 42.9 Å². The molecule has 2 aliphatic heterocycles. The third kappa shape index (κ3) is 6.51. The van der Waals surface area contributed by atoms with Gasteiger partial charge in [-0.05, 0) is 50.5 Å². The van der Waals surface area contributed by atoms with Gasteiger partial charge in [-0.1, -0.05) is 6.08 Å². The minimum Gasteiger partial charge on any atom is -0.488 e. The number of amides is 1. The minimum absolute atomic E-state index is 0.301. The van der Waals surface area contributed by atoms with Gasteiger partial charge in [0.25, 0.3) is 17.7 Å². The van der Waals surface area contributed by atoms with E-state index in [9.17, 15) is 13.6 Å². The standard InChI is InChI=1S/C26H29F2N5O3/c1-3-35-22-8-5-9-31-25(22)36-21-10-19(12-29-15-21)23-17(2)6-4-7-18(13-32-23)24(34)33-20-11-26(27,28)16-30-14-20/h5,7-10,12-13,15,20,30H,3-4,6,11,14,16H2,1-2H3,(H,33,34)/b18-7+,23-17+,32-13+/t20-/m1/s1. The second-order valence-corrected chi connectivity index (χ2v) is 8.70. The van der Waals surface area contributed by atoms with Gasteiger partial charge in [-0.25, -0.2) is 13.8 Å². The summed E-state index contributed by atoms with van der Waals surface area (Å²) in [5, 5.41) is 5.37. The maximum absolute atomic E-state index is 13.7. The first-order valence-electron chi connectivity index (χ1n) is 11.9. The molecule has 0 saturated carbocycles. The number of carbonyl (C=O) groups is 1. The molecule has 0 aliphatic carbocycles. The van der Waals surface area contributed by atoms with Crippen LogP contribution in [-0.2, 0) is 4.79 Å². The molecule has 1 atom stereocenters. The Labute approximate surface area is 208 Å². The summed E-state index contributed by atoms with van der Waals surface area (Å²) in [7, 11) is 0. The molecule has 2 N–H and O–H groups in total. The maximum atomic E-state index is 13.7. The molecule has 0 spiro atoms. The van der Waals surface area contributed by atoms with Crippen LogP contribution in [0.2, 0.25) is 0 Å². The van der Waals surface area contributed by atoms with Crippen LogP contribution in [0.5, 0.6) is 17.4 Å². The molecule has 2 aromatic rings. The molecular formula is C26H29F2N5O3. The van der Waals surface area contributed by atoms with Crippen LogP contribution in [0.15, 0.2) is 59.0 Å². The van der Waals surface area contributed by atoms with Crippen LogP contribution in [0.3, 0.4) is 0 Å². The van der Waals surface area contributed by atoms with Gasteiger partial charge in [-0.3, -0.25) is 14.8 Å². The molecule has 4 rings (SSSR count). The molecule has 2 aromatic heterocycles. The molecular weight excluding hydrogens is 468 g/mol. The lowest BCUT2D eigenvalue weighted by Crippen LogP contribution is -2.53. The quantitative estimate of drug-likeness (QED) is 0.592. The zero-order chi connectivity index (χ0) is 25.5. The molecule has 1 saturated heterocycles. The normalized spacial score (nSPS) is 24.0. The Morgan fingerprint density at radius 1 is 1.33 bits per heavy atom. The number of allylic oxidation sites excluding steroid dienone is 2. The molecule has 0 unspecified atom stereocenters. The highest BCUT2D eigenvalue weighted by Crippen LogP contribution is 2.31. The highest BCUT2D eigenvalue weighted by atomic mass is 19.3. The molecule has 0 bridgehead atoms. The number of nitrogens with one attached hydrogen (secondary N) is 2. The monoisotopic (exact) mass is 497 g/mol. The highest BCUT2D eigenvalue weighted by molar-refractivity contribution is 6.13. The van der Waals surface area contributed by atoms with Gasteiger partial charge in [0.15, 0.2) is 5.75 Å². The van der Waals surface area contributed by atoms with Crippen molar-refractivity contribution < 1.29 is 23.0 Å². The molecule has 190 valence electrons. The molecule has 0 aromatic carbocycles. The first-order valence-corrected chi connectivity index (χ1v) is 11.9. The molecule has 8 nitrogen and oxygen atoms in total. The molecule has 10 heteroatoms. The number of alkyl halides is 2. The number of nitrogens with zero attached hydrogens (tertiary/aromatic N) is 3. The van der Waals surface area contributed by atoms with Crippen LogP contribution >= 0.6 is 0 Å². The summed E-state index contributed by atoms with van der Waals surface area (Å²) in [6, 6.07) is 4.69. The van der Waals surface area contributed by atoms with Crippen molar-refractivity contribution in [3.05, 3.63) is 59.6 Å². The molecule has 1 fully saturated rings. The Kier molecular flexibility index (Phi) is 8.04. The lowest BCUT2D eigenvalue weighted by atomic mass is 10.0. The number of ether oxygens (including phenoxy) is 2. The Morgan fingerprint density at radius 3 is 3.00 bits per heavy atom. The van der Waals surface area contributed by atoms with Crippen molar-refractivity contribution in [2.75, 3.05) is 19.7 Å². The fourth-order valence-corrected chi connectivity index (χ4v) is 4.07. The van der Waals surface area contributed by atoms with E-state index in [1.165, 1.54) is 6.21 Å². The third-order valence-corrected chi connectivity index (χ3v) is 5.77. The minimum atomic E-state index is -2.84. The van der Waals surface area contributed by atoms with E-state index in [0.717, 1.165) is 5.57 Å². The summed E-state index contributed by atoms with van der Waals surface area (Å²) in [5.74, 6) is -1.95. The first-order chi connectivity index (χ1) is 17.3. The second-order valence-electron chi connectivity index (χ2n) is 8.70. The number of aliphatic imine (C=N–C) groups is 1. The average Bonchev–Trinajstić information content (AvgIpc) is 2.82. The number of carbonyl (C=O) groups excluding carboxylic acids is 1. The lowest BCUT2D eigenvalue weighted by Gasteiger charge is -2.30. The largest absolute Gasteiger partial charge is 0.488 e. The van der Waals surface area contributed by atoms with E-state index < -0.39 is 17.9 Å². The summed E-state index contributed by atoms with van der Waals surface area (Å²) >= 11 is 0. The average molecular weight is 498 g/mol. The topological polar surface area (TPSA) is 97.7 Å².